The molecule has 0 amide bonds. The Labute approximate surface area is 175 Å². The zero-order chi connectivity index (χ0) is 22.0. The minimum absolute atomic E-state index is 0.0613. The third-order valence-corrected chi connectivity index (χ3v) is 5.28. The highest BCUT2D eigenvalue weighted by Crippen LogP contribution is 2.20. The quantitative estimate of drug-likeness (QED) is 0.467. The fourth-order valence-corrected chi connectivity index (χ4v) is 3.57. The van der Waals surface area contributed by atoms with E-state index in [1.165, 1.54) is 24.1 Å². The van der Waals surface area contributed by atoms with Gasteiger partial charge >= 0.3 is 12.1 Å². The number of nitrogens with zero attached hydrogens (tertiary/aromatic N) is 2. The molecule has 2 rings (SSSR count). The highest BCUT2D eigenvalue weighted by molar-refractivity contribution is 5.72. The van der Waals surface area contributed by atoms with Crippen LogP contribution in [0.1, 0.15) is 49.1 Å². The molecule has 0 bridgehead atoms. The first kappa shape index (κ1) is 24.6. The summed E-state index contributed by atoms with van der Waals surface area (Å²) in [4.78, 5) is 17.6. The second kappa shape index (κ2) is 12.2. The number of halogens is 3. The van der Waals surface area contributed by atoms with Crippen LogP contribution in [0.15, 0.2) is 12.1 Å². The van der Waals surface area contributed by atoms with Crippen LogP contribution in [0.2, 0.25) is 0 Å². The average molecular weight is 431 g/mol. The number of pyridine rings is 1. The Hall–Kier alpha value is -1.71. The molecule has 1 aromatic rings. The van der Waals surface area contributed by atoms with Gasteiger partial charge in [-0.3, -0.25) is 9.78 Å². The number of carboxylic acid groups (broad SMARTS) is 1. The van der Waals surface area contributed by atoms with E-state index in [9.17, 15) is 18.0 Å². The highest BCUT2D eigenvalue weighted by atomic mass is 19.4. The van der Waals surface area contributed by atoms with Crippen molar-refractivity contribution in [1.29, 1.82) is 0 Å². The van der Waals surface area contributed by atoms with Crippen molar-refractivity contribution in [1.82, 2.24) is 9.88 Å². The molecule has 30 heavy (non-hydrogen) atoms. The number of aromatic nitrogens is 1. The molecule has 1 aromatic heterocycles. The molecular weight excluding hydrogens is 399 g/mol. The number of rotatable bonds is 13. The third kappa shape index (κ3) is 9.40. The van der Waals surface area contributed by atoms with E-state index >= 15 is 0 Å². The van der Waals surface area contributed by atoms with E-state index in [2.05, 4.69) is 16.9 Å². The van der Waals surface area contributed by atoms with Gasteiger partial charge in [-0.1, -0.05) is 6.07 Å². The summed E-state index contributed by atoms with van der Waals surface area (Å²) < 4.78 is 41.3. The van der Waals surface area contributed by atoms with Crippen molar-refractivity contribution in [2.75, 3.05) is 32.8 Å². The predicted octanol–water partition coefficient (Wildman–Crippen LogP) is 2.97. The van der Waals surface area contributed by atoms with Crippen molar-refractivity contribution in [3.05, 3.63) is 29.1 Å². The molecule has 0 unspecified atom stereocenters. The highest BCUT2D eigenvalue weighted by Gasteiger charge is 2.27. The van der Waals surface area contributed by atoms with Crippen LogP contribution in [0.5, 0.6) is 0 Å². The van der Waals surface area contributed by atoms with E-state index in [0.29, 0.717) is 19.6 Å². The summed E-state index contributed by atoms with van der Waals surface area (Å²) in [5.41, 5.74) is 9.19. The van der Waals surface area contributed by atoms with Gasteiger partial charge in [0.1, 0.15) is 12.6 Å². The van der Waals surface area contributed by atoms with Crippen molar-refractivity contribution in [3.8, 4) is 0 Å². The molecule has 1 aliphatic rings. The van der Waals surface area contributed by atoms with E-state index in [1.807, 2.05) is 4.90 Å². The largest absolute Gasteiger partial charge is 0.480 e. The van der Waals surface area contributed by atoms with E-state index in [-0.39, 0.29) is 13.0 Å². The lowest BCUT2D eigenvalue weighted by Crippen LogP contribution is -2.37. The van der Waals surface area contributed by atoms with Gasteiger partial charge in [0, 0.05) is 24.5 Å². The molecule has 0 aliphatic heterocycles. The van der Waals surface area contributed by atoms with E-state index in [4.69, 9.17) is 15.8 Å². The Bertz CT molecular complexity index is 671. The van der Waals surface area contributed by atoms with Crippen LogP contribution in [0.25, 0.3) is 0 Å². The number of unbranched alkanes of at least 4 members (excludes halogenated alkanes) is 1. The van der Waals surface area contributed by atoms with Gasteiger partial charge in [-0.15, -0.1) is 0 Å². The van der Waals surface area contributed by atoms with Gasteiger partial charge in [-0.2, -0.15) is 13.2 Å². The van der Waals surface area contributed by atoms with Gasteiger partial charge in [0.15, 0.2) is 0 Å². The Balaban J connectivity index is 1.75. The Morgan fingerprint density at radius 1 is 1.20 bits per heavy atom. The van der Waals surface area contributed by atoms with Crippen LogP contribution in [-0.4, -0.2) is 66.0 Å². The minimum atomic E-state index is -4.35. The molecule has 0 saturated carbocycles. The summed E-state index contributed by atoms with van der Waals surface area (Å²) in [6.07, 6.45) is 3.03. The molecule has 1 aliphatic carbocycles. The standard InChI is InChI=1S/C21H32F3N3O3/c22-21(23,24)15-30-14-13-27(12-10-18(25)20(28)29)11-4-3-6-17-9-8-16-5-1-2-7-19(16)26-17/h8-9,18H,1-7,10-15,25H2,(H,28,29)/t18-/m0/s1. The molecule has 3 N–H and O–H groups in total. The Morgan fingerprint density at radius 3 is 2.70 bits per heavy atom. The molecule has 6 nitrogen and oxygen atoms in total. The smallest absolute Gasteiger partial charge is 0.411 e. The lowest BCUT2D eigenvalue weighted by Gasteiger charge is -2.23. The van der Waals surface area contributed by atoms with Crippen LogP contribution >= 0.6 is 0 Å². The van der Waals surface area contributed by atoms with Gasteiger partial charge in [0.25, 0.3) is 0 Å². The summed E-state index contributed by atoms with van der Waals surface area (Å²) in [5, 5.41) is 8.92. The predicted molar refractivity (Wildman–Crippen MR) is 107 cm³/mol. The number of fused-ring (bicyclic) bond motifs is 1. The first-order valence-electron chi connectivity index (χ1n) is 10.6. The first-order valence-corrected chi connectivity index (χ1v) is 10.6. The van der Waals surface area contributed by atoms with Crippen molar-refractivity contribution in [2.24, 2.45) is 5.73 Å². The van der Waals surface area contributed by atoms with Crippen LogP contribution in [-0.2, 0) is 28.8 Å². The summed E-state index contributed by atoms with van der Waals surface area (Å²) >= 11 is 0. The molecule has 9 heteroatoms. The molecule has 0 spiro atoms. The van der Waals surface area contributed by atoms with Gasteiger partial charge in [-0.05, 0) is 69.5 Å². The first-order chi connectivity index (χ1) is 14.2. The lowest BCUT2D eigenvalue weighted by atomic mass is 9.95. The fraction of sp³-hybridized carbons (Fsp3) is 0.714. The SMILES string of the molecule is N[C@@H](CCN(CCCCc1ccc2c(n1)CCCC2)CCOCC(F)(F)F)C(=O)O. The van der Waals surface area contributed by atoms with E-state index in [1.54, 1.807) is 0 Å². The Kier molecular flexibility index (Phi) is 10.0. The van der Waals surface area contributed by atoms with Gasteiger partial charge in [0.2, 0.25) is 0 Å². The number of carboxylic acids is 1. The van der Waals surface area contributed by atoms with Crippen molar-refractivity contribution >= 4 is 5.97 Å². The van der Waals surface area contributed by atoms with Crippen LogP contribution in [0.4, 0.5) is 13.2 Å². The molecule has 1 atom stereocenters. The molecular formula is C21H32F3N3O3. The monoisotopic (exact) mass is 431 g/mol. The number of hydrogen-bond donors (Lipinski definition) is 2. The number of ether oxygens (including phenoxy) is 1. The summed E-state index contributed by atoms with van der Waals surface area (Å²) in [6.45, 7) is 0.0137. The molecule has 0 radical (unpaired) electrons. The van der Waals surface area contributed by atoms with Gasteiger partial charge in [-0.25, -0.2) is 0 Å². The molecule has 170 valence electrons. The van der Waals surface area contributed by atoms with Gasteiger partial charge in [0.05, 0.1) is 6.61 Å². The normalized spacial score (nSPS) is 15.2. The van der Waals surface area contributed by atoms with Crippen LogP contribution in [0.3, 0.4) is 0 Å². The molecule has 0 aromatic carbocycles. The maximum Gasteiger partial charge on any atom is 0.411 e. The maximum absolute atomic E-state index is 12.2. The molecule has 1 heterocycles. The average Bonchev–Trinajstić information content (AvgIpc) is 2.70. The van der Waals surface area contributed by atoms with Crippen LogP contribution in [0, 0.1) is 0 Å². The molecule has 0 saturated heterocycles. The second-order valence-electron chi connectivity index (χ2n) is 7.82. The zero-order valence-electron chi connectivity index (χ0n) is 17.3. The number of alkyl halides is 3. The summed E-state index contributed by atoms with van der Waals surface area (Å²) in [6, 6.07) is 3.27. The van der Waals surface area contributed by atoms with Crippen molar-refractivity contribution < 1.29 is 27.8 Å². The number of carbonyl (C=O) groups is 1. The van der Waals surface area contributed by atoms with Crippen molar-refractivity contribution in [3.63, 3.8) is 0 Å². The third-order valence-electron chi connectivity index (χ3n) is 5.28. The minimum Gasteiger partial charge on any atom is -0.480 e. The summed E-state index contributed by atoms with van der Waals surface area (Å²) in [7, 11) is 0. The van der Waals surface area contributed by atoms with Crippen molar-refractivity contribution in [2.45, 2.75) is 63.6 Å². The maximum atomic E-state index is 12.2. The van der Waals surface area contributed by atoms with E-state index < -0.39 is 24.8 Å². The zero-order valence-corrected chi connectivity index (χ0v) is 17.3. The lowest BCUT2D eigenvalue weighted by molar-refractivity contribution is -0.174. The van der Waals surface area contributed by atoms with Gasteiger partial charge < -0.3 is 20.5 Å². The number of aryl methyl sites for hydroxylation is 3. The molecule has 0 fully saturated rings. The number of nitrogens with two attached hydrogens (primary N) is 1. The summed E-state index contributed by atoms with van der Waals surface area (Å²) in [5.74, 6) is -1.08. The Morgan fingerprint density at radius 2 is 1.97 bits per heavy atom. The second-order valence-corrected chi connectivity index (χ2v) is 7.82. The van der Waals surface area contributed by atoms with Crippen LogP contribution < -0.4 is 5.73 Å². The van der Waals surface area contributed by atoms with E-state index in [0.717, 1.165) is 37.8 Å². The number of aliphatic carboxylic acids is 1. The fourth-order valence-electron chi connectivity index (χ4n) is 3.57. The number of hydrogen-bond acceptors (Lipinski definition) is 5. The topological polar surface area (TPSA) is 88.7 Å².